The molecule has 0 radical (unpaired) electrons. The molecule has 0 aliphatic heterocycles. The molecule has 1 aromatic carbocycles. The molecule has 5 heteroatoms. The first-order valence-corrected chi connectivity index (χ1v) is 7.05. The highest BCUT2D eigenvalue weighted by Crippen LogP contribution is 2.38. The molecule has 2 rings (SSSR count). The van der Waals surface area contributed by atoms with E-state index < -0.39 is 0 Å². The summed E-state index contributed by atoms with van der Waals surface area (Å²) in [5, 5.41) is 1.89. The summed E-state index contributed by atoms with van der Waals surface area (Å²) >= 11 is 5.03. The zero-order chi connectivity index (χ0) is 13.1. The van der Waals surface area contributed by atoms with Crippen LogP contribution in [0.1, 0.15) is 15.3 Å². The van der Waals surface area contributed by atoms with Gasteiger partial charge in [-0.05, 0) is 12.1 Å². The Morgan fingerprint density at radius 3 is 2.44 bits per heavy atom. The lowest BCUT2D eigenvalue weighted by atomic mass is 10.1. The van der Waals surface area contributed by atoms with Gasteiger partial charge >= 0.3 is 0 Å². The minimum Gasteiger partial charge on any atom is -0.497 e. The Morgan fingerprint density at radius 1 is 1.17 bits per heavy atom. The van der Waals surface area contributed by atoms with Crippen molar-refractivity contribution >= 4 is 27.3 Å². The van der Waals surface area contributed by atoms with Crippen molar-refractivity contribution in [1.29, 1.82) is 0 Å². The molecular weight excluding hydrogens is 319 g/mol. The Morgan fingerprint density at radius 2 is 1.89 bits per heavy atom. The van der Waals surface area contributed by atoms with Gasteiger partial charge in [-0.3, -0.25) is 0 Å². The van der Waals surface area contributed by atoms with E-state index >= 15 is 0 Å². The summed E-state index contributed by atoms with van der Waals surface area (Å²) in [4.78, 5) is 0.813. The maximum absolute atomic E-state index is 13.9. The van der Waals surface area contributed by atoms with E-state index in [0.29, 0.717) is 11.3 Å². The van der Waals surface area contributed by atoms with Crippen LogP contribution in [0, 0.1) is 5.82 Å². The number of methoxy groups -OCH3 is 2. The number of rotatable bonds is 4. The van der Waals surface area contributed by atoms with Crippen LogP contribution in [0.25, 0.3) is 0 Å². The van der Waals surface area contributed by atoms with E-state index in [1.54, 1.807) is 19.2 Å². The third kappa shape index (κ3) is 2.67. The van der Waals surface area contributed by atoms with E-state index in [2.05, 4.69) is 15.9 Å². The van der Waals surface area contributed by atoms with Crippen molar-refractivity contribution in [2.45, 2.75) is 4.83 Å². The van der Waals surface area contributed by atoms with Crippen LogP contribution in [-0.4, -0.2) is 14.2 Å². The van der Waals surface area contributed by atoms with Gasteiger partial charge in [-0.1, -0.05) is 22.0 Å². The Bertz CT molecular complexity index is 542. The quantitative estimate of drug-likeness (QED) is 0.774. The van der Waals surface area contributed by atoms with E-state index in [9.17, 15) is 4.39 Å². The fraction of sp³-hybridized carbons (Fsp3) is 0.231. The summed E-state index contributed by atoms with van der Waals surface area (Å²) in [5.41, 5.74) is 0.584. The van der Waals surface area contributed by atoms with Gasteiger partial charge in [-0.2, -0.15) is 0 Å². The normalized spacial score (nSPS) is 12.2. The molecule has 0 saturated heterocycles. The molecule has 0 spiro atoms. The molecule has 0 amide bonds. The number of ether oxygens (including phenoxy) is 2. The Hall–Kier alpha value is -1.07. The molecule has 0 aliphatic carbocycles. The second-order valence-corrected chi connectivity index (χ2v) is 5.50. The van der Waals surface area contributed by atoms with Crippen molar-refractivity contribution in [3.8, 4) is 11.5 Å². The summed E-state index contributed by atoms with van der Waals surface area (Å²) in [6, 6.07) is 6.75. The molecule has 96 valence electrons. The monoisotopic (exact) mass is 330 g/mol. The van der Waals surface area contributed by atoms with Gasteiger partial charge < -0.3 is 9.47 Å². The van der Waals surface area contributed by atoms with E-state index in [4.69, 9.17) is 9.47 Å². The van der Waals surface area contributed by atoms with Gasteiger partial charge in [-0.15, -0.1) is 11.3 Å². The van der Waals surface area contributed by atoms with Crippen LogP contribution in [0.15, 0.2) is 29.6 Å². The molecule has 0 aliphatic rings. The summed E-state index contributed by atoms with van der Waals surface area (Å²) in [5.74, 6) is 1.01. The van der Waals surface area contributed by atoms with Gasteiger partial charge in [0.15, 0.2) is 0 Å². The van der Waals surface area contributed by atoms with Gasteiger partial charge in [0.05, 0.1) is 19.0 Å². The lowest BCUT2D eigenvalue weighted by molar-refractivity contribution is 0.410. The molecule has 2 aromatic rings. The molecule has 18 heavy (non-hydrogen) atoms. The van der Waals surface area contributed by atoms with Crippen molar-refractivity contribution in [2.75, 3.05) is 14.2 Å². The lowest BCUT2D eigenvalue weighted by Gasteiger charge is -2.10. The fourth-order valence-corrected chi connectivity index (χ4v) is 3.24. The SMILES string of the molecule is COc1csc(C(Br)c2ccc(OC)cc2F)c1. The second-order valence-electron chi connectivity index (χ2n) is 3.64. The summed E-state index contributed by atoms with van der Waals surface area (Å²) in [6.07, 6.45) is 0. The van der Waals surface area contributed by atoms with Crippen LogP contribution in [0.2, 0.25) is 0 Å². The highest BCUT2D eigenvalue weighted by atomic mass is 79.9. The van der Waals surface area contributed by atoms with E-state index in [-0.39, 0.29) is 10.6 Å². The van der Waals surface area contributed by atoms with E-state index in [0.717, 1.165) is 10.6 Å². The molecule has 0 N–H and O–H groups in total. The minimum atomic E-state index is -0.288. The Balaban J connectivity index is 2.30. The molecule has 0 saturated carbocycles. The first kappa shape index (κ1) is 13.4. The third-order valence-electron chi connectivity index (χ3n) is 2.56. The van der Waals surface area contributed by atoms with Crippen molar-refractivity contribution < 1.29 is 13.9 Å². The maximum Gasteiger partial charge on any atom is 0.131 e. The largest absolute Gasteiger partial charge is 0.497 e. The Labute approximate surface area is 117 Å². The van der Waals surface area contributed by atoms with Gasteiger partial charge in [-0.25, -0.2) is 4.39 Å². The molecule has 1 heterocycles. The summed E-state index contributed by atoms with van der Waals surface area (Å²) < 4.78 is 24.0. The average Bonchev–Trinajstić information content (AvgIpc) is 2.86. The van der Waals surface area contributed by atoms with Crippen molar-refractivity contribution in [3.05, 3.63) is 45.9 Å². The van der Waals surface area contributed by atoms with Crippen LogP contribution in [0.3, 0.4) is 0 Å². The second kappa shape index (κ2) is 5.71. The molecular formula is C13H12BrFO2S. The van der Waals surface area contributed by atoms with Crippen LogP contribution in [-0.2, 0) is 0 Å². The van der Waals surface area contributed by atoms with Gasteiger partial charge in [0.1, 0.15) is 17.3 Å². The van der Waals surface area contributed by atoms with Crippen LogP contribution in [0.5, 0.6) is 11.5 Å². The first-order valence-electron chi connectivity index (χ1n) is 5.25. The fourth-order valence-electron chi connectivity index (χ4n) is 1.57. The topological polar surface area (TPSA) is 18.5 Å². The molecule has 1 aromatic heterocycles. The minimum absolute atomic E-state index is 0.183. The predicted molar refractivity (Wildman–Crippen MR) is 74.6 cm³/mol. The smallest absolute Gasteiger partial charge is 0.131 e. The molecule has 2 nitrogen and oxygen atoms in total. The molecule has 0 bridgehead atoms. The van der Waals surface area contributed by atoms with Crippen molar-refractivity contribution in [3.63, 3.8) is 0 Å². The van der Waals surface area contributed by atoms with Crippen LogP contribution in [0.4, 0.5) is 4.39 Å². The van der Waals surface area contributed by atoms with E-state index in [1.807, 2.05) is 11.4 Å². The standard InChI is InChI=1S/C13H12BrFO2S/c1-16-8-3-4-10(11(15)5-8)13(14)12-6-9(17-2)7-18-12/h3-7,13H,1-2H3. The molecule has 1 unspecified atom stereocenters. The average molecular weight is 331 g/mol. The summed E-state index contributed by atoms with van der Waals surface area (Å²) in [6.45, 7) is 0. The van der Waals surface area contributed by atoms with Crippen LogP contribution >= 0.6 is 27.3 Å². The van der Waals surface area contributed by atoms with Crippen LogP contribution < -0.4 is 9.47 Å². The van der Waals surface area contributed by atoms with Gasteiger partial charge in [0, 0.05) is 21.9 Å². The number of thiophene rings is 1. The lowest BCUT2D eigenvalue weighted by Crippen LogP contribution is -1.95. The zero-order valence-electron chi connectivity index (χ0n) is 9.94. The highest BCUT2D eigenvalue weighted by molar-refractivity contribution is 9.09. The number of halogens is 2. The summed E-state index contributed by atoms with van der Waals surface area (Å²) in [7, 11) is 3.13. The highest BCUT2D eigenvalue weighted by Gasteiger charge is 2.17. The van der Waals surface area contributed by atoms with Gasteiger partial charge in [0.25, 0.3) is 0 Å². The third-order valence-corrected chi connectivity index (χ3v) is 4.83. The molecule has 0 fully saturated rings. The van der Waals surface area contributed by atoms with E-state index in [1.165, 1.54) is 24.5 Å². The van der Waals surface area contributed by atoms with Crippen molar-refractivity contribution in [2.24, 2.45) is 0 Å². The number of alkyl halides is 1. The predicted octanol–water partition coefficient (Wildman–Crippen LogP) is 4.39. The number of benzene rings is 1. The van der Waals surface area contributed by atoms with Gasteiger partial charge in [0.2, 0.25) is 0 Å². The van der Waals surface area contributed by atoms with Crippen molar-refractivity contribution in [1.82, 2.24) is 0 Å². The molecule has 1 atom stereocenters. The maximum atomic E-state index is 13.9. The first-order chi connectivity index (χ1) is 8.65. The number of hydrogen-bond acceptors (Lipinski definition) is 3. The number of hydrogen-bond donors (Lipinski definition) is 0. The Kier molecular flexibility index (Phi) is 4.24. The zero-order valence-corrected chi connectivity index (χ0v) is 12.3.